The summed E-state index contributed by atoms with van der Waals surface area (Å²) in [7, 11) is -6.60. The molecule has 154 valence electrons. The second-order valence-corrected chi connectivity index (χ2v) is 8.72. The summed E-state index contributed by atoms with van der Waals surface area (Å²) in [4.78, 5) is 10.2. The summed E-state index contributed by atoms with van der Waals surface area (Å²) in [6.07, 6.45) is 3.07. The van der Waals surface area contributed by atoms with Crippen LogP contribution in [0.15, 0.2) is 23.1 Å². The fourth-order valence-electron chi connectivity index (χ4n) is 2.75. The summed E-state index contributed by atoms with van der Waals surface area (Å²) in [5, 5.41) is 33.1. The number of nitrogens with two attached hydrogens (primary N) is 2. The first-order valence-electron chi connectivity index (χ1n) is 7.98. The molecule has 1 aromatic rings. The summed E-state index contributed by atoms with van der Waals surface area (Å²) in [5.41, 5.74) is -0.682. The fraction of sp³-hybridized carbons (Fsp3) is 0.571. The first-order chi connectivity index (χ1) is 12.3. The van der Waals surface area contributed by atoms with E-state index in [2.05, 4.69) is 10.5 Å². The highest BCUT2D eigenvalue weighted by Crippen LogP contribution is 2.33. The van der Waals surface area contributed by atoms with Gasteiger partial charge in [-0.2, -0.15) is 0 Å². The molecule has 2 rings (SSSR count). The van der Waals surface area contributed by atoms with E-state index in [9.17, 15) is 23.6 Å². The first-order valence-corrected chi connectivity index (χ1v) is 10.8. The normalized spacial score (nSPS) is 22.6. The van der Waals surface area contributed by atoms with Crippen molar-refractivity contribution in [3.63, 3.8) is 0 Å². The lowest BCUT2D eigenvalue weighted by Gasteiger charge is -2.33. The van der Waals surface area contributed by atoms with Gasteiger partial charge in [-0.25, -0.2) is 27.1 Å². The molecule has 0 bridgehead atoms. The average Bonchev–Trinajstić information content (AvgIpc) is 2.52. The van der Waals surface area contributed by atoms with E-state index < -0.39 is 31.4 Å². The molecule has 1 fully saturated rings. The molecule has 27 heavy (non-hydrogen) atoms. The molecule has 13 heteroatoms. The second kappa shape index (κ2) is 9.41. The molecule has 0 radical (unpaired) electrons. The molecule has 0 saturated heterocycles. The largest absolute Gasteiger partial charge is 0.390 e. The average molecular weight is 425 g/mol. The predicted molar refractivity (Wildman–Crippen MR) is 100 cm³/mol. The highest BCUT2D eigenvalue weighted by molar-refractivity contribution is 7.89. The van der Waals surface area contributed by atoms with Gasteiger partial charge in [-0.1, -0.05) is 0 Å². The number of benzene rings is 1. The third-order valence-corrected chi connectivity index (χ3v) is 5.17. The van der Waals surface area contributed by atoms with Crippen LogP contribution in [0.1, 0.15) is 32.6 Å². The Labute approximate surface area is 159 Å². The molecular weight excluding hydrogens is 400 g/mol. The van der Waals surface area contributed by atoms with Crippen molar-refractivity contribution in [2.75, 3.05) is 11.9 Å². The molecule has 0 amide bonds. The fourth-order valence-corrected chi connectivity index (χ4v) is 3.28. The topological polar surface area (TPSA) is 196 Å². The van der Waals surface area contributed by atoms with Crippen molar-refractivity contribution >= 4 is 32.3 Å². The van der Waals surface area contributed by atoms with Gasteiger partial charge in [0.05, 0.1) is 15.4 Å². The number of thiol groups is 1. The Bertz CT molecular complexity index is 835. The van der Waals surface area contributed by atoms with Crippen LogP contribution in [0.2, 0.25) is 0 Å². The monoisotopic (exact) mass is 424 g/mol. The van der Waals surface area contributed by atoms with Crippen LogP contribution in [-0.4, -0.2) is 39.0 Å². The molecule has 0 spiro atoms. The second-order valence-electron chi connectivity index (χ2n) is 6.59. The maximum absolute atomic E-state index is 11.3. The van der Waals surface area contributed by atoms with Crippen molar-refractivity contribution in [3.05, 3.63) is 28.3 Å². The Morgan fingerprint density at radius 3 is 2.33 bits per heavy atom. The SMILES string of the molecule is CC1(O)CCC(CNc2ccc(S(N)(=O)=O)cc2[N+](=O)[O-])CC1.N[SH](=O)=O. The van der Waals surface area contributed by atoms with Crippen molar-refractivity contribution in [1.82, 2.24) is 0 Å². The lowest BCUT2D eigenvalue weighted by atomic mass is 9.80. The van der Waals surface area contributed by atoms with Crippen LogP contribution in [-0.2, 0) is 20.9 Å². The number of hydrogen-bond donors (Lipinski definition) is 5. The molecule has 1 aromatic carbocycles. The van der Waals surface area contributed by atoms with Crippen molar-refractivity contribution in [2.24, 2.45) is 16.2 Å². The van der Waals surface area contributed by atoms with Crippen LogP contribution in [0.5, 0.6) is 0 Å². The minimum absolute atomic E-state index is 0.264. The summed E-state index contributed by atoms with van der Waals surface area (Å²) in [5.74, 6) is 0.313. The molecule has 0 aliphatic heterocycles. The van der Waals surface area contributed by atoms with E-state index in [4.69, 9.17) is 13.6 Å². The molecule has 1 aliphatic carbocycles. The van der Waals surface area contributed by atoms with Crippen LogP contribution in [0.4, 0.5) is 11.4 Å². The summed E-state index contributed by atoms with van der Waals surface area (Å²) < 4.78 is 40.2. The summed E-state index contributed by atoms with van der Waals surface area (Å²) in [6, 6.07) is 3.57. The van der Waals surface area contributed by atoms with Crippen LogP contribution < -0.4 is 15.6 Å². The van der Waals surface area contributed by atoms with Crippen molar-refractivity contribution in [3.8, 4) is 0 Å². The number of rotatable bonds is 5. The minimum Gasteiger partial charge on any atom is -0.390 e. The quantitative estimate of drug-likeness (QED) is 0.248. The van der Waals surface area contributed by atoms with E-state index in [1.54, 1.807) is 0 Å². The van der Waals surface area contributed by atoms with E-state index in [-0.39, 0.29) is 16.3 Å². The third kappa shape index (κ3) is 8.17. The van der Waals surface area contributed by atoms with Gasteiger partial charge in [0.1, 0.15) is 5.69 Å². The maximum Gasteiger partial charge on any atom is 0.293 e. The smallest absolute Gasteiger partial charge is 0.293 e. The number of nitrogens with zero attached hydrogens (tertiary/aromatic N) is 1. The number of nitro groups is 1. The molecule has 11 nitrogen and oxygen atoms in total. The lowest BCUT2D eigenvalue weighted by molar-refractivity contribution is -0.384. The van der Waals surface area contributed by atoms with Crippen LogP contribution in [0, 0.1) is 16.0 Å². The van der Waals surface area contributed by atoms with E-state index in [0.717, 1.165) is 18.9 Å². The van der Waals surface area contributed by atoms with Crippen LogP contribution in [0.25, 0.3) is 0 Å². The van der Waals surface area contributed by atoms with Gasteiger partial charge in [-0.3, -0.25) is 10.1 Å². The van der Waals surface area contributed by atoms with Gasteiger partial charge in [-0.05, 0) is 50.7 Å². The van der Waals surface area contributed by atoms with Gasteiger partial charge in [-0.15, -0.1) is 0 Å². The highest BCUT2D eigenvalue weighted by Gasteiger charge is 2.29. The molecule has 6 N–H and O–H groups in total. The zero-order chi connectivity index (χ0) is 20.8. The molecule has 1 aliphatic rings. The molecule has 0 aromatic heterocycles. The molecule has 0 unspecified atom stereocenters. The Balaban J connectivity index is 0.000000828. The Morgan fingerprint density at radius 1 is 1.37 bits per heavy atom. The van der Waals surface area contributed by atoms with Gasteiger partial charge in [0.25, 0.3) is 5.69 Å². The molecule has 0 heterocycles. The summed E-state index contributed by atoms with van der Waals surface area (Å²) in [6.45, 7) is 2.35. The zero-order valence-corrected chi connectivity index (χ0v) is 16.4. The van der Waals surface area contributed by atoms with E-state index in [1.165, 1.54) is 12.1 Å². The van der Waals surface area contributed by atoms with Gasteiger partial charge < -0.3 is 10.4 Å². The molecule has 1 saturated carbocycles. The molecular formula is C14H24N4O7S2. The standard InChI is InChI=1S/C14H21N3O5S.H3NO2S/c1-14(18)6-4-10(5-7-14)9-16-12-3-2-11(23(15,21)22)8-13(12)17(19)20;1-4(2)3/h2-3,8,10,16,18H,4-7,9H2,1H3,(H2,15,21,22);4H,(H2,1,2,3). The lowest BCUT2D eigenvalue weighted by Crippen LogP contribution is -2.32. The van der Waals surface area contributed by atoms with E-state index >= 15 is 0 Å². The number of hydrogen-bond acceptors (Lipinski definition) is 8. The molecule has 0 atom stereocenters. The van der Waals surface area contributed by atoms with E-state index in [0.29, 0.717) is 25.3 Å². The Morgan fingerprint density at radius 2 is 1.89 bits per heavy atom. The Hall–Kier alpha value is -1.80. The number of primary sulfonamides is 1. The van der Waals surface area contributed by atoms with Crippen molar-refractivity contribution < 1.29 is 26.9 Å². The predicted octanol–water partition coefficient (Wildman–Crippen LogP) is 0.0668. The number of anilines is 1. The van der Waals surface area contributed by atoms with Crippen molar-refractivity contribution in [2.45, 2.75) is 43.1 Å². The number of aliphatic hydroxyl groups is 1. The minimum atomic E-state index is -3.98. The van der Waals surface area contributed by atoms with Crippen molar-refractivity contribution in [1.29, 1.82) is 0 Å². The Kier molecular flexibility index (Phi) is 8.10. The van der Waals surface area contributed by atoms with Gasteiger partial charge in [0, 0.05) is 12.6 Å². The zero-order valence-electron chi connectivity index (χ0n) is 14.7. The van der Waals surface area contributed by atoms with Gasteiger partial charge >= 0.3 is 0 Å². The number of sulfonamides is 1. The first kappa shape index (κ1) is 23.2. The number of nitro benzene ring substituents is 1. The van der Waals surface area contributed by atoms with Gasteiger partial charge in [0.2, 0.25) is 10.0 Å². The highest BCUT2D eigenvalue weighted by atomic mass is 32.2. The maximum atomic E-state index is 11.3. The van der Waals surface area contributed by atoms with Crippen LogP contribution >= 0.6 is 0 Å². The van der Waals surface area contributed by atoms with Crippen LogP contribution in [0.3, 0.4) is 0 Å². The van der Waals surface area contributed by atoms with Gasteiger partial charge in [0.15, 0.2) is 10.9 Å². The van der Waals surface area contributed by atoms with E-state index in [1.807, 2.05) is 6.92 Å². The number of nitrogens with one attached hydrogen (secondary N) is 1. The summed E-state index contributed by atoms with van der Waals surface area (Å²) >= 11 is 0. The third-order valence-electron chi connectivity index (χ3n) is 4.26.